The van der Waals surface area contributed by atoms with Crippen LogP contribution in [0.5, 0.6) is 0 Å². The zero-order valence-corrected chi connectivity index (χ0v) is 31.4. The van der Waals surface area contributed by atoms with Crippen molar-refractivity contribution < 1.29 is 0 Å². The van der Waals surface area contributed by atoms with Gasteiger partial charge in [-0.3, -0.25) is 4.57 Å². The average molecular weight is 739 g/mol. The second-order valence-electron chi connectivity index (χ2n) is 15.0. The topological polar surface area (TPSA) is 35.6 Å². The molecule has 0 radical (unpaired) electrons. The molecule has 0 aliphatic carbocycles. The maximum atomic E-state index is 5.48. The Morgan fingerprint density at radius 3 is 1.79 bits per heavy atom. The van der Waals surface area contributed by atoms with Crippen molar-refractivity contribution in [3.63, 3.8) is 0 Å². The standard InChI is InChI=1S/C54H34N4/c1-3-14-35(15-4-1)37-17-13-18-40(32-37)53-54(56-47-24-11-10-23-46(47)55-53)58-50-31-27-36-16-7-8-21-42(36)52(50)44-29-26-39(34-51(44)58)38-28-30-49-45(33-38)43-22-9-12-25-48(43)57(49)41-19-5-2-6-20-41/h1-34H. The predicted molar refractivity (Wildman–Crippen MR) is 242 cm³/mol. The number of hydrogen-bond donors (Lipinski definition) is 0. The molecule has 0 saturated heterocycles. The van der Waals surface area contributed by atoms with Crippen LogP contribution in [-0.4, -0.2) is 19.1 Å². The average Bonchev–Trinajstić information content (AvgIpc) is 3.81. The molecule has 0 fully saturated rings. The van der Waals surface area contributed by atoms with Gasteiger partial charge in [-0.15, -0.1) is 0 Å². The minimum absolute atomic E-state index is 0.803. The van der Waals surface area contributed by atoms with Crippen molar-refractivity contribution in [1.29, 1.82) is 0 Å². The molecule has 270 valence electrons. The summed E-state index contributed by atoms with van der Waals surface area (Å²) in [7, 11) is 0. The third-order valence-electron chi connectivity index (χ3n) is 11.7. The van der Waals surface area contributed by atoms with Crippen molar-refractivity contribution in [3.05, 3.63) is 206 Å². The summed E-state index contributed by atoms with van der Waals surface area (Å²) >= 11 is 0. The molecule has 0 aliphatic rings. The highest BCUT2D eigenvalue weighted by Gasteiger charge is 2.22. The van der Waals surface area contributed by atoms with Crippen LogP contribution in [0.15, 0.2) is 206 Å². The van der Waals surface area contributed by atoms with E-state index in [1.807, 2.05) is 12.1 Å². The maximum Gasteiger partial charge on any atom is 0.165 e. The summed E-state index contributed by atoms with van der Waals surface area (Å²) in [6.07, 6.45) is 0. The maximum absolute atomic E-state index is 5.48. The molecule has 0 bridgehead atoms. The number of nitrogens with zero attached hydrogens (tertiary/aromatic N) is 4. The van der Waals surface area contributed by atoms with Gasteiger partial charge in [0, 0.05) is 32.8 Å². The highest BCUT2D eigenvalue weighted by molar-refractivity contribution is 6.22. The second-order valence-corrected chi connectivity index (χ2v) is 15.0. The first-order chi connectivity index (χ1) is 28.8. The summed E-state index contributed by atoms with van der Waals surface area (Å²) in [4.78, 5) is 10.9. The molecular formula is C54H34N4. The monoisotopic (exact) mass is 738 g/mol. The van der Waals surface area contributed by atoms with Crippen molar-refractivity contribution in [2.75, 3.05) is 0 Å². The quantitative estimate of drug-likeness (QED) is 0.176. The number of hydrogen-bond acceptors (Lipinski definition) is 2. The minimum atomic E-state index is 0.803. The Labute approximate surface area is 334 Å². The molecule has 12 rings (SSSR count). The van der Waals surface area contributed by atoms with Crippen LogP contribution in [0.2, 0.25) is 0 Å². The molecule has 0 unspecified atom stereocenters. The molecule has 58 heavy (non-hydrogen) atoms. The van der Waals surface area contributed by atoms with E-state index in [1.54, 1.807) is 0 Å². The van der Waals surface area contributed by atoms with Gasteiger partial charge in [-0.1, -0.05) is 146 Å². The van der Waals surface area contributed by atoms with Crippen molar-refractivity contribution in [2.45, 2.75) is 0 Å². The van der Waals surface area contributed by atoms with Crippen LogP contribution < -0.4 is 0 Å². The zero-order chi connectivity index (χ0) is 38.2. The van der Waals surface area contributed by atoms with Gasteiger partial charge in [-0.2, -0.15) is 0 Å². The zero-order valence-electron chi connectivity index (χ0n) is 31.4. The third-order valence-corrected chi connectivity index (χ3v) is 11.7. The van der Waals surface area contributed by atoms with Crippen molar-refractivity contribution in [3.8, 4) is 45.0 Å². The third kappa shape index (κ3) is 5.02. The van der Waals surface area contributed by atoms with E-state index < -0.39 is 0 Å². The lowest BCUT2D eigenvalue weighted by molar-refractivity contribution is 1.08. The summed E-state index contributed by atoms with van der Waals surface area (Å²) in [5, 5.41) is 7.27. The minimum Gasteiger partial charge on any atom is -0.309 e. The van der Waals surface area contributed by atoms with E-state index in [0.717, 1.165) is 67.1 Å². The molecular weight excluding hydrogens is 705 g/mol. The van der Waals surface area contributed by atoms with Crippen LogP contribution in [0.1, 0.15) is 0 Å². The number of aromatic nitrogens is 4. The van der Waals surface area contributed by atoms with Gasteiger partial charge in [0.1, 0.15) is 5.69 Å². The first-order valence-corrected chi connectivity index (χ1v) is 19.7. The molecule has 9 aromatic carbocycles. The molecule has 3 heterocycles. The highest BCUT2D eigenvalue weighted by atomic mass is 15.1. The van der Waals surface area contributed by atoms with E-state index in [1.165, 1.54) is 43.4 Å². The first kappa shape index (κ1) is 32.4. The Bertz CT molecular complexity index is 3560. The SMILES string of the molecule is c1ccc(-c2cccc(-c3nc4ccccc4nc3-n3c4cc(-c5ccc6c(c5)c5ccccc5n6-c5ccccc5)ccc4c4c5ccccc5ccc43)c2)cc1. The molecule has 0 spiro atoms. The number of fused-ring (bicyclic) bond motifs is 9. The molecule has 4 heteroatoms. The molecule has 0 N–H and O–H groups in total. The summed E-state index contributed by atoms with van der Waals surface area (Å²) in [5.41, 5.74) is 13.9. The molecule has 12 aromatic rings. The van der Waals surface area contributed by atoms with Crippen molar-refractivity contribution in [2.24, 2.45) is 0 Å². The fourth-order valence-corrected chi connectivity index (χ4v) is 9.02. The molecule has 0 amide bonds. The van der Waals surface area contributed by atoms with Crippen LogP contribution in [0.25, 0.3) is 110 Å². The lowest BCUT2D eigenvalue weighted by Gasteiger charge is -2.15. The molecule has 4 nitrogen and oxygen atoms in total. The van der Waals surface area contributed by atoms with Crippen LogP contribution in [-0.2, 0) is 0 Å². The van der Waals surface area contributed by atoms with Gasteiger partial charge in [-0.05, 0) is 93.7 Å². The molecule has 0 atom stereocenters. The van der Waals surface area contributed by atoms with E-state index in [2.05, 4.69) is 203 Å². The van der Waals surface area contributed by atoms with Gasteiger partial charge in [0.2, 0.25) is 0 Å². The lowest BCUT2D eigenvalue weighted by Crippen LogP contribution is -2.04. The van der Waals surface area contributed by atoms with E-state index in [9.17, 15) is 0 Å². The highest BCUT2D eigenvalue weighted by Crippen LogP contribution is 2.42. The Balaban J connectivity index is 1.14. The Morgan fingerprint density at radius 2 is 0.931 bits per heavy atom. The van der Waals surface area contributed by atoms with Crippen molar-refractivity contribution >= 4 is 65.4 Å². The van der Waals surface area contributed by atoms with Crippen LogP contribution >= 0.6 is 0 Å². The molecule has 3 aromatic heterocycles. The van der Waals surface area contributed by atoms with Gasteiger partial charge in [0.25, 0.3) is 0 Å². The van der Waals surface area contributed by atoms with Gasteiger partial charge in [0.05, 0.1) is 33.1 Å². The van der Waals surface area contributed by atoms with Crippen LogP contribution in [0, 0.1) is 0 Å². The Kier molecular flexibility index (Phi) is 7.20. The van der Waals surface area contributed by atoms with E-state index in [-0.39, 0.29) is 0 Å². The van der Waals surface area contributed by atoms with Gasteiger partial charge in [-0.25, -0.2) is 9.97 Å². The second kappa shape index (κ2) is 12.9. The smallest absolute Gasteiger partial charge is 0.165 e. The van der Waals surface area contributed by atoms with E-state index in [4.69, 9.17) is 9.97 Å². The fraction of sp³-hybridized carbons (Fsp3) is 0. The van der Waals surface area contributed by atoms with Gasteiger partial charge < -0.3 is 4.57 Å². The fourth-order valence-electron chi connectivity index (χ4n) is 9.02. The Hall–Kier alpha value is -7.82. The summed E-state index contributed by atoms with van der Waals surface area (Å²) in [6, 6.07) is 73.8. The van der Waals surface area contributed by atoms with Gasteiger partial charge in [0.15, 0.2) is 5.82 Å². The largest absolute Gasteiger partial charge is 0.309 e. The number of para-hydroxylation sites is 4. The summed E-state index contributed by atoms with van der Waals surface area (Å²) in [5.74, 6) is 0.803. The Morgan fingerprint density at radius 1 is 0.310 bits per heavy atom. The van der Waals surface area contributed by atoms with Crippen molar-refractivity contribution in [1.82, 2.24) is 19.1 Å². The number of rotatable bonds is 5. The predicted octanol–water partition coefficient (Wildman–Crippen LogP) is 14.0. The van der Waals surface area contributed by atoms with Crippen LogP contribution in [0.3, 0.4) is 0 Å². The van der Waals surface area contributed by atoms with Crippen LogP contribution in [0.4, 0.5) is 0 Å². The van der Waals surface area contributed by atoms with E-state index in [0.29, 0.717) is 0 Å². The lowest BCUT2D eigenvalue weighted by atomic mass is 9.99. The number of benzene rings is 9. The normalized spacial score (nSPS) is 11.8. The first-order valence-electron chi connectivity index (χ1n) is 19.7. The summed E-state index contributed by atoms with van der Waals surface area (Å²) < 4.78 is 4.72. The summed E-state index contributed by atoms with van der Waals surface area (Å²) in [6.45, 7) is 0. The molecule has 0 saturated carbocycles. The van der Waals surface area contributed by atoms with Gasteiger partial charge >= 0.3 is 0 Å². The molecule has 0 aliphatic heterocycles. The van der Waals surface area contributed by atoms with E-state index >= 15 is 0 Å².